The number of nitrogens with zero attached hydrogens (tertiary/aromatic N) is 2. The zero-order valence-corrected chi connectivity index (χ0v) is 7.60. The molecule has 1 atom stereocenters. The van der Waals surface area contributed by atoms with E-state index < -0.39 is 0 Å². The van der Waals surface area contributed by atoms with Gasteiger partial charge in [0.1, 0.15) is 5.82 Å². The van der Waals surface area contributed by atoms with Crippen molar-refractivity contribution in [2.24, 2.45) is 5.73 Å². The van der Waals surface area contributed by atoms with Crippen LogP contribution in [0.2, 0.25) is 0 Å². The van der Waals surface area contributed by atoms with E-state index in [0.29, 0.717) is 5.82 Å². The molecule has 0 bridgehead atoms. The molecule has 0 fully saturated rings. The Hall–Kier alpha value is -1.29. The van der Waals surface area contributed by atoms with Crippen molar-refractivity contribution in [2.75, 3.05) is 7.05 Å². The van der Waals surface area contributed by atoms with Crippen molar-refractivity contribution < 1.29 is 4.79 Å². The molecular formula is C9H13N3O. The SMILES string of the molecule is CN1C2CCC=CC2=C(N)N1C=O. The molecule has 0 saturated carbocycles. The van der Waals surface area contributed by atoms with Crippen molar-refractivity contribution in [1.82, 2.24) is 10.0 Å². The van der Waals surface area contributed by atoms with Gasteiger partial charge in [0.05, 0.1) is 6.04 Å². The van der Waals surface area contributed by atoms with Gasteiger partial charge in [-0.3, -0.25) is 4.79 Å². The summed E-state index contributed by atoms with van der Waals surface area (Å²) in [5, 5.41) is 3.36. The van der Waals surface area contributed by atoms with Crippen LogP contribution >= 0.6 is 0 Å². The number of fused-ring (bicyclic) bond motifs is 1. The van der Waals surface area contributed by atoms with Crippen LogP contribution in [-0.4, -0.2) is 29.5 Å². The number of allylic oxidation sites excluding steroid dienone is 1. The Kier molecular flexibility index (Phi) is 1.84. The first-order chi connectivity index (χ1) is 6.25. The first-order valence-corrected chi connectivity index (χ1v) is 4.39. The Morgan fingerprint density at radius 2 is 2.46 bits per heavy atom. The molecule has 13 heavy (non-hydrogen) atoms. The smallest absolute Gasteiger partial charge is 0.230 e. The van der Waals surface area contributed by atoms with E-state index in [1.54, 1.807) is 0 Å². The summed E-state index contributed by atoms with van der Waals surface area (Å²) in [5.74, 6) is 0.568. The fourth-order valence-corrected chi connectivity index (χ4v) is 1.96. The normalized spacial score (nSPS) is 28.1. The molecule has 2 rings (SSSR count). The van der Waals surface area contributed by atoms with Crippen LogP contribution in [0, 0.1) is 0 Å². The number of carbonyl (C=O) groups excluding carboxylic acids is 1. The van der Waals surface area contributed by atoms with Crippen LogP contribution in [0.4, 0.5) is 0 Å². The minimum Gasteiger partial charge on any atom is -0.384 e. The Balaban J connectivity index is 2.38. The molecule has 0 aromatic rings. The van der Waals surface area contributed by atoms with Crippen LogP contribution in [0.5, 0.6) is 0 Å². The summed E-state index contributed by atoms with van der Waals surface area (Å²) >= 11 is 0. The summed E-state index contributed by atoms with van der Waals surface area (Å²) in [5.41, 5.74) is 6.89. The molecule has 0 aromatic heterocycles. The van der Waals surface area contributed by atoms with E-state index in [4.69, 9.17) is 5.73 Å². The molecule has 0 aromatic carbocycles. The van der Waals surface area contributed by atoms with Gasteiger partial charge in [0.25, 0.3) is 0 Å². The van der Waals surface area contributed by atoms with Crippen molar-refractivity contribution in [3.8, 4) is 0 Å². The minimum atomic E-state index is 0.287. The lowest BCUT2D eigenvalue weighted by molar-refractivity contribution is -0.127. The molecule has 70 valence electrons. The van der Waals surface area contributed by atoms with Gasteiger partial charge in [0.15, 0.2) is 0 Å². The van der Waals surface area contributed by atoms with Gasteiger partial charge in [-0.15, -0.1) is 0 Å². The van der Waals surface area contributed by atoms with Crippen LogP contribution in [0.15, 0.2) is 23.5 Å². The van der Waals surface area contributed by atoms with E-state index in [2.05, 4.69) is 6.08 Å². The fraction of sp³-hybridized carbons (Fsp3) is 0.444. The van der Waals surface area contributed by atoms with Crippen LogP contribution in [0.3, 0.4) is 0 Å². The number of hydrazine groups is 1. The van der Waals surface area contributed by atoms with Gasteiger partial charge in [-0.1, -0.05) is 12.2 Å². The molecule has 4 heteroatoms. The van der Waals surface area contributed by atoms with Gasteiger partial charge < -0.3 is 5.73 Å². The topological polar surface area (TPSA) is 49.6 Å². The summed E-state index contributed by atoms with van der Waals surface area (Å²) in [6.07, 6.45) is 6.96. The number of hydrogen-bond acceptors (Lipinski definition) is 3. The molecule has 4 nitrogen and oxygen atoms in total. The maximum absolute atomic E-state index is 10.7. The number of likely N-dealkylation sites (N-methyl/N-ethyl adjacent to an activating group) is 1. The zero-order valence-electron chi connectivity index (χ0n) is 7.60. The monoisotopic (exact) mass is 179 g/mol. The van der Waals surface area contributed by atoms with E-state index in [0.717, 1.165) is 24.8 Å². The predicted molar refractivity (Wildman–Crippen MR) is 49.0 cm³/mol. The molecule has 1 amide bonds. The summed E-state index contributed by atoms with van der Waals surface area (Å²) < 4.78 is 0. The average molecular weight is 179 g/mol. The Morgan fingerprint density at radius 3 is 3.08 bits per heavy atom. The second-order valence-electron chi connectivity index (χ2n) is 3.36. The van der Waals surface area contributed by atoms with Gasteiger partial charge in [-0.2, -0.15) is 0 Å². The second kappa shape index (κ2) is 2.88. The number of hydrogen-bond donors (Lipinski definition) is 1. The van der Waals surface area contributed by atoms with Crippen molar-refractivity contribution in [3.05, 3.63) is 23.5 Å². The van der Waals surface area contributed by atoms with E-state index in [1.807, 2.05) is 18.1 Å². The largest absolute Gasteiger partial charge is 0.384 e. The number of rotatable bonds is 1. The van der Waals surface area contributed by atoms with Crippen LogP contribution < -0.4 is 5.73 Å². The third-order valence-corrected chi connectivity index (χ3v) is 2.70. The Bertz CT molecular complexity index is 295. The number of nitrogens with two attached hydrogens (primary N) is 1. The Labute approximate surface area is 77.3 Å². The van der Waals surface area contributed by atoms with Crippen molar-refractivity contribution in [1.29, 1.82) is 0 Å². The van der Waals surface area contributed by atoms with Gasteiger partial charge in [0, 0.05) is 12.6 Å². The molecule has 1 unspecified atom stereocenters. The Morgan fingerprint density at radius 1 is 1.69 bits per heavy atom. The first-order valence-electron chi connectivity index (χ1n) is 4.39. The third-order valence-electron chi connectivity index (χ3n) is 2.70. The molecular weight excluding hydrogens is 166 g/mol. The zero-order chi connectivity index (χ0) is 9.42. The predicted octanol–water partition coefficient (Wildman–Crippen LogP) is 0.194. The van der Waals surface area contributed by atoms with E-state index in [-0.39, 0.29) is 6.04 Å². The average Bonchev–Trinajstić information content (AvgIpc) is 2.41. The van der Waals surface area contributed by atoms with Crippen molar-refractivity contribution in [3.63, 3.8) is 0 Å². The molecule has 0 radical (unpaired) electrons. The third kappa shape index (κ3) is 1.06. The summed E-state index contributed by atoms with van der Waals surface area (Å²) in [7, 11) is 1.89. The van der Waals surface area contributed by atoms with Crippen LogP contribution in [0.25, 0.3) is 0 Å². The van der Waals surface area contributed by atoms with Gasteiger partial charge in [-0.05, 0) is 12.8 Å². The highest BCUT2D eigenvalue weighted by atomic mass is 16.2. The second-order valence-corrected chi connectivity index (χ2v) is 3.36. The highest BCUT2D eigenvalue weighted by Gasteiger charge is 2.34. The molecule has 2 aliphatic rings. The highest BCUT2D eigenvalue weighted by molar-refractivity contribution is 5.54. The van der Waals surface area contributed by atoms with Gasteiger partial charge >= 0.3 is 0 Å². The molecule has 2 N–H and O–H groups in total. The van der Waals surface area contributed by atoms with Crippen LogP contribution in [-0.2, 0) is 4.79 Å². The first kappa shape index (κ1) is 8.31. The quantitative estimate of drug-likeness (QED) is 0.585. The van der Waals surface area contributed by atoms with Crippen molar-refractivity contribution >= 4 is 6.41 Å². The molecule has 1 aliphatic carbocycles. The summed E-state index contributed by atoms with van der Waals surface area (Å²) in [6.45, 7) is 0. The maximum Gasteiger partial charge on any atom is 0.230 e. The minimum absolute atomic E-state index is 0.287. The van der Waals surface area contributed by atoms with E-state index in [9.17, 15) is 4.79 Å². The maximum atomic E-state index is 10.7. The number of amides is 1. The molecule has 0 spiro atoms. The highest BCUT2D eigenvalue weighted by Crippen LogP contribution is 2.30. The van der Waals surface area contributed by atoms with Crippen molar-refractivity contribution in [2.45, 2.75) is 18.9 Å². The lowest BCUT2D eigenvalue weighted by Gasteiger charge is -2.27. The molecule has 0 saturated heterocycles. The van der Waals surface area contributed by atoms with E-state index >= 15 is 0 Å². The number of carbonyl (C=O) groups is 1. The van der Waals surface area contributed by atoms with Gasteiger partial charge in [0.2, 0.25) is 6.41 Å². The van der Waals surface area contributed by atoms with Crippen LogP contribution in [0.1, 0.15) is 12.8 Å². The van der Waals surface area contributed by atoms with Gasteiger partial charge in [-0.25, -0.2) is 10.0 Å². The fourth-order valence-electron chi connectivity index (χ4n) is 1.96. The summed E-state index contributed by atoms with van der Waals surface area (Å²) in [6, 6.07) is 0.287. The lowest BCUT2D eigenvalue weighted by atomic mass is 9.97. The molecule has 1 aliphatic heterocycles. The molecule has 1 heterocycles. The van der Waals surface area contributed by atoms with E-state index in [1.165, 1.54) is 5.01 Å². The standard InChI is InChI=1S/C9H13N3O/c1-11-8-5-3-2-4-7(8)9(10)12(11)6-13/h2,4,6,8H,3,5,10H2,1H3. The lowest BCUT2D eigenvalue weighted by Crippen LogP contribution is -2.40. The summed E-state index contributed by atoms with van der Waals surface area (Å²) in [4.78, 5) is 10.7.